The van der Waals surface area contributed by atoms with Gasteiger partial charge in [-0.15, -0.1) is 0 Å². The molecule has 1 fully saturated rings. The molecule has 2 aromatic rings. The van der Waals surface area contributed by atoms with E-state index in [1.807, 2.05) is 6.92 Å². The van der Waals surface area contributed by atoms with Crippen LogP contribution in [0.2, 0.25) is 0 Å². The third-order valence-corrected chi connectivity index (χ3v) is 7.02. The van der Waals surface area contributed by atoms with Crippen molar-refractivity contribution in [1.82, 2.24) is 9.47 Å². The Hall–Kier alpha value is -3.14. The number of nitrogens with one attached hydrogen (secondary N) is 1. The summed E-state index contributed by atoms with van der Waals surface area (Å²) in [5.74, 6) is -3.09. The van der Waals surface area contributed by atoms with Gasteiger partial charge in [0.25, 0.3) is 21.5 Å². The van der Waals surface area contributed by atoms with E-state index < -0.39 is 27.5 Å². The first-order valence-electron chi connectivity index (χ1n) is 9.49. The van der Waals surface area contributed by atoms with E-state index in [4.69, 9.17) is 0 Å². The summed E-state index contributed by atoms with van der Waals surface area (Å²) in [4.78, 5) is 37.0. The smallest absolute Gasteiger partial charge is 0.275 e. The molecule has 10 heteroatoms. The van der Waals surface area contributed by atoms with Gasteiger partial charge >= 0.3 is 0 Å². The molecule has 2 atom stereocenters. The first kappa shape index (κ1) is 20.1. The van der Waals surface area contributed by atoms with Crippen LogP contribution in [0.5, 0.6) is 0 Å². The molecule has 1 saturated heterocycles. The number of aryl methyl sites for hydroxylation is 1. The van der Waals surface area contributed by atoms with Crippen LogP contribution in [0.3, 0.4) is 0 Å². The summed E-state index contributed by atoms with van der Waals surface area (Å²) >= 11 is 0. The van der Waals surface area contributed by atoms with Crippen molar-refractivity contribution in [3.63, 3.8) is 0 Å². The lowest BCUT2D eigenvalue weighted by atomic mass is 9.83. The number of pyridine rings is 1. The molecular formula is C20H20N3O6S-. The average molecular weight is 430 g/mol. The number of hydrogen-bond acceptors (Lipinski definition) is 6. The Morgan fingerprint density at radius 2 is 1.77 bits per heavy atom. The third-order valence-electron chi connectivity index (χ3n) is 5.64. The van der Waals surface area contributed by atoms with Gasteiger partial charge in [-0.25, -0.2) is 8.42 Å². The van der Waals surface area contributed by atoms with Crippen LogP contribution in [0.15, 0.2) is 46.1 Å². The second-order valence-electron chi connectivity index (χ2n) is 7.80. The highest BCUT2D eigenvalue weighted by molar-refractivity contribution is 7.92. The van der Waals surface area contributed by atoms with Crippen molar-refractivity contribution in [2.45, 2.75) is 30.7 Å². The van der Waals surface area contributed by atoms with Crippen LogP contribution in [0, 0.1) is 12.8 Å². The molecule has 1 amide bonds. The number of piperidine rings is 1. The Kier molecular flexibility index (Phi) is 4.89. The predicted octanol–water partition coefficient (Wildman–Crippen LogP) is -0.347. The number of aliphatic carboxylic acids is 1. The highest BCUT2D eigenvalue weighted by Gasteiger charge is 2.37. The minimum atomic E-state index is -3.92. The Morgan fingerprint density at radius 1 is 1.07 bits per heavy atom. The summed E-state index contributed by atoms with van der Waals surface area (Å²) in [5.41, 5.74) is 1.06. The van der Waals surface area contributed by atoms with Gasteiger partial charge in [0.1, 0.15) is 11.7 Å². The normalized spacial score (nSPS) is 20.4. The number of nitrogens with zero attached hydrogens (tertiary/aromatic N) is 2. The number of aromatic nitrogens is 1. The molecule has 2 aliphatic rings. The summed E-state index contributed by atoms with van der Waals surface area (Å²) in [7, 11) is -3.92. The average Bonchev–Trinajstić information content (AvgIpc) is 2.70. The van der Waals surface area contributed by atoms with Crippen molar-refractivity contribution < 1.29 is 23.1 Å². The number of rotatable bonds is 3. The highest BCUT2D eigenvalue weighted by Crippen LogP contribution is 2.35. The van der Waals surface area contributed by atoms with Gasteiger partial charge in [-0.05, 0) is 43.5 Å². The molecule has 2 aliphatic heterocycles. The summed E-state index contributed by atoms with van der Waals surface area (Å²) in [6, 6.07) is 9.37. The second-order valence-corrected chi connectivity index (χ2v) is 9.48. The topological polar surface area (TPSA) is 129 Å². The van der Waals surface area contributed by atoms with E-state index in [1.165, 1.54) is 27.7 Å². The molecule has 30 heavy (non-hydrogen) atoms. The van der Waals surface area contributed by atoms with Crippen molar-refractivity contribution in [3.8, 4) is 0 Å². The SMILES string of the molecule is Cc1ccc(S(=O)(=O)Nc2ccc3n(c2=O)C[C@H]2C[C@@H]3CN(C(=O)C(=O)[O-])C2)cc1. The lowest BCUT2D eigenvalue weighted by Gasteiger charge is -2.42. The van der Waals surface area contributed by atoms with Crippen LogP contribution in [-0.2, 0) is 26.2 Å². The number of likely N-dealkylation sites (tertiary alicyclic amines) is 1. The maximum atomic E-state index is 13.0. The minimum absolute atomic E-state index is 0.0537. The summed E-state index contributed by atoms with van der Waals surface area (Å²) in [6.07, 6.45) is 0.727. The number of anilines is 1. The molecule has 158 valence electrons. The molecule has 0 radical (unpaired) electrons. The van der Waals surface area contributed by atoms with Crippen molar-refractivity contribution in [3.05, 3.63) is 58.0 Å². The fourth-order valence-electron chi connectivity index (χ4n) is 4.24. The molecular weight excluding hydrogens is 410 g/mol. The van der Waals surface area contributed by atoms with Crippen molar-refractivity contribution >= 4 is 27.6 Å². The van der Waals surface area contributed by atoms with Gasteiger partial charge in [0, 0.05) is 31.2 Å². The predicted molar refractivity (Wildman–Crippen MR) is 105 cm³/mol. The fourth-order valence-corrected chi connectivity index (χ4v) is 5.30. The van der Waals surface area contributed by atoms with Crippen LogP contribution in [0.25, 0.3) is 0 Å². The molecule has 0 spiro atoms. The van der Waals surface area contributed by atoms with Crippen LogP contribution in [-0.4, -0.2) is 42.9 Å². The van der Waals surface area contributed by atoms with E-state index in [9.17, 15) is 27.9 Å². The van der Waals surface area contributed by atoms with Gasteiger partial charge in [0.15, 0.2) is 0 Å². The minimum Gasteiger partial charge on any atom is -0.540 e. The molecule has 1 aromatic heterocycles. The van der Waals surface area contributed by atoms with Crippen LogP contribution < -0.4 is 15.4 Å². The molecule has 4 rings (SSSR count). The van der Waals surface area contributed by atoms with Gasteiger partial charge in [-0.2, -0.15) is 0 Å². The lowest BCUT2D eigenvalue weighted by Crippen LogP contribution is -2.53. The number of carboxylic acid groups (broad SMARTS) is 1. The molecule has 0 unspecified atom stereocenters. The highest BCUT2D eigenvalue weighted by atomic mass is 32.2. The summed E-state index contributed by atoms with van der Waals surface area (Å²) < 4.78 is 29.2. The Morgan fingerprint density at radius 3 is 2.43 bits per heavy atom. The van der Waals surface area contributed by atoms with Gasteiger partial charge in [-0.3, -0.25) is 14.3 Å². The van der Waals surface area contributed by atoms with E-state index in [2.05, 4.69) is 4.72 Å². The number of sulfonamides is 1. The standard InChI is InChI=1S/C20H21N3O6S/c1-12-2-4-15(5-3-12)30(28,29)21-16-6-7-17-14-8-13(10-23(17)18(16)24)9-22(11-14)19(25)20(26)27/h2-7,13-14,21H,8-11H2,1H3,(H,26,27)/p-1/t13-,14+/m0/s1. The Balaban J connectivity index is 1.63. The number of benzene rings is 1. The molecule has 1 aromatic carbocycles. The first-order chi connectivity index (χ1) is 14.2. The zero-order chi connectivity index (χ0) is 21.6. The number of hydrogen-bond donors (Lipinski definition) is 1. The van der Waals surface area contributed by atoms with E-state index >= 15 is 0 Å². The molecule has 0 aliphatic carbocycles. The van der Waals surface area contributed by atoms with Crippen molar-refractivity contribution in [2.75, 3.05) is 17.8 Å². The second kappa shape index (κ2) is 7.28. The first-order valence-corrected chi connectivity index (χ1v) is 11.0. The maximum absolute atomic E-state index is 13.0. The zero-order valence-corrected chi connectivity index (χ0v) is 17.0. The largest absolute Gasteiger partial charge is 0.540 e. The van der Waals surface area contributed by atoms with E-state index in [1.54, 1.807) is 18.2 Å². The number of carboxylic acids is 1. The van der Waals surface area contributed by atoms with E-state index in [0.717, 1.165) is 12.0 Å². The van der Waals surface area contributed by atoms with Gasteiger partial charge in [0.2, 0.25) is 0 Å². The van der Waals surface area contributed by atoms with Gasteiger partial charge in [0.05, 0.1) is 4.90 Å². The molecule has 0 saturated carbocycles. The monoisotopic (exact) mass is 430 g/mol. The summed E-state index contributed by atoms with van der Waals surface area (Å²) in [5, 5.41) is 10.9. The molecule has 1 N–H and O–H groups in total. The number of carbonyl (C=O) groups excluding carboxylic acids is 2. The third kappa shape index (κ3) is 3.58. The van der Waals surface area contributed by atoms with Gasteiger partial charge in [-0.1, -0.05) is 17.7 Å². The number of amides is 1. The van der Waals surface area contributed by atoms with E-state index in [-0.39, 0.29) is 42.1 Å². The van der Waals surface area contributed by atoms with Crippen LogP contribution >= 0.6 is 0 Å². The van der Waals surface area contributed by atoms with Crippen molar-refractivity contribution in [1.29, 1.82) is 0 Å². The lowest BCUT2D eigenvalue weighted by molar-refractivity contribution is -0.302. The van der Waals surface area contributed by atoms with Crippen LogP contribution in [0.4, 0.5) is 5.69 Å². The van der Waals surface area contributed by atoms with Crippen LogP contribution in [0.1, 0.15) is 23.6 Å². The van der Waals surface area contributed by atoms with Gasteiger partial charge < -0.3 is 19.4 Å². The number of fused-ring (bicyclic) bond motifs is 4. The Bertz CT molecular complexity index is 1190. The Labute approximate surface area is 173 Å². The number of carbonyl (C=O) groups is 2. The van der Waals surface area contributed by atoms with E-state index in [0.29, 0.717) is 5.69 Å². The van der Waals surface area contributed by atoms with Crippen molar-refractivity contribution in [2.24, 2.45) is 5.92 Å². The quantitative estimate of drug-likeness (QED) is 0.663. The molecule has 9 nitrogen and oxygen atoms in total. The molecule has 3 heterocycles. The fraction of sp³-hybridized carbons (Fsp3) is 0.350. The summed E-state index contributed by atoms with van der Waals surface area (Å²) in [6.45, 7) is 2.52. The maximum Gasteiger partial charge on any atom is 0.275 e. The zero-order valence-electron chi connectivity index (χ0n) is 16.2. The molecule has 2 bridgehead atoms.